The van der Waals surface area contributed by atoms with Crippen molar-refractivity contribution in [2.45, 2.75) is 177 Å². The van der Waals surface area contributed by atoms with Crippen LogP contribution in [0.2, 0.25) is 30.1 Å². The van der Waals surface area contributed by atoms with Gasteiger partial charge in [-0.05, 0) is 252 Å². The molecule has 0 amide bonds. The summed E-state index contributed by atoms with van der Waals surface area (Å²) in [7, 11) is -16.1. The average Bonchev–Trinajstić information content (AvgIpc) is 1.58. The molecule has 0 saturated carbocycles. The van der Waals surface area contributed by atoms with Crippen molar-refractivity contribution in [3.8, 4) is 50.4 Å². The van der Waals surface area contributed by atoms with Crippen LogP contribution < -0.4 is 0 Å². The van der Waals surface area contributed by atoms with Crippen LogP contribution in [0.5, 0.6) is 0 Å². The first-order valence-corrected chi connectivity index (χ1v) is 51.4. The molecule has 0 aliphatic carbocycles. The number of ketones is 2. The summed E-state index contributed by atoms with van der Waals surface area (Å²) in [5.41, 5.74) is -5.17. The Morgan fingerprint density at radius 2 is 0.667 bits per heavy atom. The number of benzene rings is 9. The number of hydrogen-bond donors (Lipinski definition) is 5. The lowest BCUT2D eigenvalue weighted by Crippen LogP contribution is -2.25. The molecule has 24 nitrogen and oxygen atoms in total. The van der Waals surface area contributed by atoms with Crippen molar-refractivity contribution in [2.24, 2.45) is 0 Å². The molecule has 734 valence electrons. The molecule has 0 aliphatic rings. The smallest absolute Gasteiger partial charge is 0.331 e. The Balaban J connectivity index is 0.000000214. The quantitative estimate of drug-likeness (QED) is 0.0121. The van der Waals surface area contributed by atoms with Crippen LogP contribution in [0.4, 0.5) is 26.3 Å². The molecule has 3 aromatic heterocycles. The van der Waals surface area contributed by atoms with Crippen LogP contribution in [0, 0.1) is 34.9 Å². The number of allylic oxidation sites excluding steroid dienone is 1. The Kier molecular flexibility index (Phi) is 33.4. The van der Waals surface area contributed by atoms with Gasteiger partial charge >= 0.3 is 11.9 Å². The van der Waals surface area contributed by atoms with E-state index in [9.17, 15) is 69.5 Å². The van der Waals surface area contributed by atoms with E-state index < -0.39 is 168 Å². The number of hydrogen-bond acceptors (Lipinski definition) is 21. The Labute approximate surface area is 824 Å². The van der Waals surface area contributed by atoms with Crippen LogP contribution in [-0.4, -0.2) is 128 Å². The molecule has 3 heterocycles. The number of aliphatic hydroxyl groups is 3. The maximum atomic E-state index is 16.1. The molecule has 40 heteroatoms. The topological polar surface area (TPSA) is 353 Å². The third-order valence-electron chi connectivity index (χ3n) is 22.0. The highest BCUT2D eigenvalue weighted by Gasteiger charge is 2.41. The molecule has 0 spiro atoms. The molecule has 0 saturated heterocycles. The number of carbonyl (C=O) groups is 4. The van der Waals surface area contributed by atoms with Gasteiger partial charge in [0, 0.05) is 113 Å². The third kappa shape index (κ3) is 25.6. The Hall–Kier alpha value is -10.1. The van der Waals surface area contributed by atoms with Crippen LogP contribution in [-0.2, 0) is 116 Å². The average molecular weight is 2100 g/mol. The highest BCUT2D eigenvalue weighted by atomic mass is 35.5. The van der Waals surface area contributed by atoms with E-state index >= 15 is 26.3 Å². The molecule has 5 N–H and O–H groups in total. The number of Topliss-reactive ketones (excluding diaryl/α,β-unsaturated/α-hetero) is 1. The lowest BCUT2D eigenvalue weighted by atomic mass is 9.83. The monoisotopic (exact) mass is 2100 g/mol. The third-order valence-corrected chi connectivity index (χ3v) is 27.9. The fourth-order valence-corrected chi connectivity index (χ4v) is 20.7. The first-order chi connectivity index (χ1) is 63.5. The molecule has 9 aromatic carbocycles. The molecular formula is C98H97Cl6F6N6O18PS3. The molecule has 138 heavy (non-hydrogen) atoms. The summed E-state index contributed by atoms with van der Waals surface area (Å²) in [6.45, 7) is 20.5. The van der Waals surface area contributed by atoms with Crippen LogP contribution >= 0.6 is 77.2 Å². The molecular weight excluding hydrogens is 2000 g/mol. The first-order valence-electron chi connectivity index (χ1n) is 41.7. The summed E-state index contributed by atoms with van der Waals surface area (Å²) >= 11 is 39.3. The minimum Gasteiger partial charge on any atom is -0.461 e. The number of aromatic nitrogens is 6. The molecule has 0 aliphatic heterocycles. The van der Waals surface area contributed by atoms with Gasteiger partial charge in [0.05, 0.1) is 78.1 Å². The van der Waals surface area contributed by atoms with Crippen molar-refractivity contribution < 1.29 is 110 Å². The predicted molar refractivity (Wildman–Crippen MR) is 520 cm³/mol. The normalized spacial score (nSPS) is 12.6. The summed E-state index contributed by atoms with van der Waals surface area (Å²) in [6, 6.07) is 33.8. The minimum atomic E-state index is -4.04. The zero-order valence-corrected chi connectivity index (χ0v) is 85.3. The van der Waals surface area contributed by atoms with Gasteiger partial charge in [0.1, 0.15) is 88.2 Å². The van der Waals surface area contributed by atoms with Crippen LogP contribution in [0.25, 0.3) is 50.4 Å². The first kappa shape index (κ1) is 110. The maximum absolute atomic E-state index is 16.1. The van der Waals surface area contributed by atoms with E-state index in [2.05, 4.69) is 21.3 Å². The number of sulfone groups is 3. The number of rotatable bonds is 30. The van der Waals surface area contributed by atoms with E-state index in [0.717, 1.165) is 73.4 Å². The van der Waals surface area contributed by atoms with Crippen molar-refractivity contribution >= 4 is 136 Å². The van der Waals surface area contributed by atoms with Gasteiger partial charge in [-0.1, -0.05) is 106 Å². The van der Waals surface area contributed by atoms with E-state index in [1.54, 1.807) is 96.1 Å². The van der Waals surface area contributed by atoms with Gasteiger partial charge in [-0.2, -0.15) is 0 Å². The summed E-state index contributed by atoms with van der Waals surface area (Å²) in [5, 5.41) is 34.6. The molecule has 0 atom stereocenters. The van der Waals surface area contributed by atoms with Gasteiger partial charge in [-0.15, -0.1) is 0 Å². The van der Waals surface area contributed by atoms with Gasteiger partial charge in [-0.3, -0.25) is 23.3 Å². The Morgan fingerprint density at radius 3 is 0.913 bits per heavy atom. The number of halogens is 12. The van der Waals surface area contributed by atoms with Gasteiger partial charge in [0.25, 0.3) is 0 Å². The Morgan fingerprint density at radius 1 is 0.399 bits per heavy atom. The van der Waals surface area contributed by atoms with E-state index in [4.69, 9.17) is 83.6 Å². The summed E-state index contributed by atoms with van der Waals surface area (Å²) < 4.78 is 189. The van der Waals surface area contributed by atoms with Crippen molar-refractivity contribution in [2.75, 3.05) is 18.8 Å². The predicted octanol–water partition coefficient (Wildman–Crippen LogP) is 21.5. The number of nitrogens with zero attached hydrogens (tertiary/aromatic N) is 6. The standard InChI is InChI=1S/C34H34Cl2F2N2O6S.C34H32Cl2F2N2O6S.C30H31Cl2F2N2O6PS/c2*1-19(41)10-13-30(42)46-18-22-25(37)15-21(16-28(22)47(6,44)45)20-11-12-27(26(38)14-20)40-17-29(34(4,5)43)39-32(40)33(2,3)31-23(35)8-7-9-24(31)36;1-29(2,27-20(31)8-7-9-21(27)32)28-35-26(30(3,4)37)15-36(28)24-11-10-17(12-23(24)34)18-13-22(33)19(16-42-43(5,38)39)25(14-18)44(6,40)41/h7-9,11-12,14-17,43H,10,13,18H2,1-6H3;7-17,43H,18H2,1-6H3;7-15,37-39H,5,16H2,1-4,6H3/b;13-10+;. The number of ether oxygens (including phenoxy) is 2. The van der Waals surface area contributed by atoms with Crippen LogP contribution in [0.1, 0.15) is 178 Å². The summed E-state index contributed by atoms with van der Waals surface area (Å²) in [4.78, 5) is 77.7. The second-order valence-corrected chi connectivity index (χ2v) is 45.8. The van der Waals surface area contributed by atoms with Crippen molar-refractivity contribution in [1.29, 1.82) is 0 Å². The second kappa shape index (κ2) is 42.0. The number of esters is 2. The molecule has 0 fully saturated rings. The molecule has 0 radical (unpaired) electrons. The van der Waals surface area contributed by atoms with Crippen LogP contribution in [0.3, 0.4) is 0 Å². The molecule has 12 rings (SSSR count). The number of imidazole rings is 3. The molecule has 0 unspecified atom stereocenters. The van der Waals surface area contributed by atoms with Gasteiger partial charge in [-0.25, -0.2) is 71.3 Å². The second-order valence-electron chi connectivity index (χ2n) is 35.8. The van der Waals surface area contributed by atoms with E-state index in [1.165, 1.54) is 94.7 Å². The number of carbonyl (C=O) groups excluding carboxylic acids is 4. The zero-order chi connectivity index (χ0) is 103. The van der Waals surface area contributed by atoms with Crippen LogP contribution in [0.15, 0.2) is 191 Å². The lowest BCUT2D eigenvalue weighted by molar-refractivity contribution is -0.146. The SMILES string of the molecule is C=P(O)(O)OCc1c(F)cc(-c2ccc(-n3cc(C(C)(C)O)nc3C(C)(C)c3c(Cl)cccc3Cl)c(F)c2)cc1S(C)(=O)=O.CC(=O)/C=C/C(=O)OCc1c(F)cc(-c2ccc(-n3cc(C(C)(C)O)nc3C(C)(C)c3c(Cl)cccc3Cl)c(F)c2)cc1S(C)(=O)=O.CC(=O)CCC(=O)OCc1c(F)cc(-c2ccc(-n3cc(C(C)(C)O)nc3C(C)(C)c3c(Cl)cccc3Cl)c(F)c2)cc1S(C)(=O)=O. The minimum absolute atomic E-state index is 0.0361. The highest BCUT2D eigenvalue weighted by molar-refractivity contribution is 7.91. The Bertz CT molecular complexity index is 7230. The van der Waals surface area contributed by atoms with Crippen molar-refractivity contribution in [3.63, 3.8) is 0 Å². The maximum Gasteiger partial charge on any atom is 0.331 e. The van der Waals surface area contributed by atoms with Crippen molar-refractivity contribution in [1.82, 2.24) is 28.7 Å². The molecule has 0 bridgehead atoms. The summed E-state index contributed by atoms with van der Waals surface area (Å²) in [5.74, 6) is -6.69. The zero-order valence-electron chi connectivity index (χ0n) is 77.4. The van der Waals surface area contributed by atoms with Gasteiger partial charge in [0.15, 0.2) is 35.3 Å². The fraction of sp³-hybridized carbons (Fsp3) is 0.286. The van der Waals surface area contributed by atoms with E-state index in [1.807, 2.05) is 41.5 Å². The van der Waals surface area contributed by atoms with Gasteiger partial charge in [0.2, 0.25) is 7.57 Å². The van der Waals surface area contributed by atoms with Gasteiger partial charge < -0.3 is 43.9 Å². The largest absolute Gasteiger partial charge is 0.461 e. The highest BCUT2D eigenvalue weighted by Crippen LogP contribution is 2.48. The lowest BCUT2D eigenvalue weighted by Gasteiger charge is -2.28. The molecule has 12 aromatic rings. The van der Waals surface area contributed by atoms with Crippen molar-refractivity contribution in [3.05, 3.63) is 309 Å². The van der Waals surface area contributed by atoms with E-state index in [0.29, 0.717) is 64.3 Å². The fourth-order valence-electron chi connectivity index (χ4n) is 15.0. The summed E-state index contributed by atoms with van der Waals surface area (Å²) in [6.07, 6.45) is 11.7. The van der Waals surface area contributed by atoms with E-state index in [-0.39, 0.29) is 91.7 Å².